The minimum atomic E-state index is 0.514. The van der Waals surface area contributed by atoms with Gasteiger partial charge in [0.15, 0.2) is 0 Å². The van der Waals surface area contributed by atoms with Crippen LogP contribution in [-0.2, 0) is 0 Å². The molecule has 120 valence electrons. The predicted molar refractivity (Wildman–Crippen MR) is 93.7 cm³/mol. The summed E-state index contributed by atoms with van der Waals surface area (Å²) < 4.78 is 0. The van der Waals surface area contributed by atoms with E-state index in [2.05, 4.69) is 60.2 Å². The van der Waals surface area contributed by atoms with E-state index in [4.69, 9.17) is 0 Å². The van der Waals surface area contributed by atoms with E-state index < -0.39 is 0 Å². The van der Waals surface area contributed by atoms with Gasteiger partial charge < -0.3 is 0 Å². The molecule has 0 aromatic carbocycles. The number of hydrogen-bond donors (Lipinski definition) is 0. The van der Waals surface area contributed by atoms with Crippen molar-refractivity contribution in [1.82, 2.24) is 0 Å². The van der Waals surface area contributed by atoms with Crippen LogP contribution in [-0.4, -0.2) is 12.8 Å². The molecule has 0 aromatic rings. The molecule has 1 rings (SSSR count). The molecule has 1 aliphatic rings. The summed E-state index contributed by atoms with van der Waals surface area (Å²) in [7, 11) is 0. The highest BCUT2D eigenvalue weighted by Crippen LogP contribution is 2.42. The van der Waals surface area contributed by atoms with Crippen molar-refractivity contribution in [3.8, 4) is 0 Å². The van der Waals surface area contributed by atoms with Gasteiger partial charge in [-0.2, -0.15) is 0 Å². The van der Waals surface area contributed by atoms with Crippen LogP contribution in [0.1, 0.15) is 87.0 Å². The highest BCUT2D eigenvalue weighted by molar-refractivity contribution is 5.24. The number of aliphatic imine (C=N–C) groups is 1. The summed E-state index contributed by atoms with van der Waals surface area (Å²) in [5.74, 6) is 2.56. The van der Waals surface area contributed by atoms with Crippen molar-refractivity contribution in [2.45, 2.75) is 93.0 Å². The first-order valence-electron chi connectivity index (χ1n) is 8.78. The van der Waals surface area contributed by atoms with Gasteiger partial charge in [0.2, 0.25) is 0 Å². The topological polar surface area (TPSA) is 12.4 Å². The van der Waals surface area contributed by atoms with Gasteiger partial charge in [0.1, 0.15) is 0 Å². The molecule has 0 spiro atoms. The summed E-state index contributed by atoms with van der Waals surface area (Å²) in [6.07, 6.45) is 7.88. The zero-order chi connectivity index (χ0) is 15.8. The van der Waals surface area contributed by atoms with E-state index >= 15 is 0 Å². The van der Waals surface area contributed by atoms with Crippen LogP contribution in [0.2, 0.25) is 0 Å². The monoisotopic (exact) mass is 281 g/mol. The van der Waals surface area contributed by atoms with Crippen LogP contribution >= 0.6 is 0 Å². The quantitative estimate of drug-likeness (QED) is 0.519. The fourth-order valence-electron chi connectivity index (χ4n) is 2.94. The predicted octanol–water partition coefficient (Wildman–Crippen LogP) is 6.37. The average Bonchev–Trinajstić information content (AvgIpc) is 2.46. The van der Waals surface area contributed by atoms with E-state index in [0.29, 0.717) is 11.5 Å². The second-order valence-electron chi connectivity index (χ2n) is 7.50. The van der Waals surface area contributed by atoms with Crippen molar-refractivity contribution in [2.75, 3.05) is 0 Å². The number of hydrogen-bond acceptors (Lipinski definition) is 1. The van der Waals surface area contributed by atoms with Crippen molar-refractivity contribution in [3.05, 3.63) is 0 Å². The van der Waals surface area contributed by atoms with Gasteiger partial charge in [0, 0.05) is 0 Å². The largest absolute Gasteiger partial charge is 0.297 e. The molecule has 0 radical (unpaired) electrons. The molecule has 1 saturated carbocycles. The van der Waals surface area contributed by atoms with E-state index in [1.54, 1.807) is 0 Å². The third-order valence-corrected chi connectivity index (χ3v) is 5.77. The van der Waals surface area contributed by atoms with Crippen LogP contribution in [0.15, 0.2) is 4.99 Å². The molecule has 0 saturated heterocycles. The summed E-state index contributed by atoms with van der Waals surface area (Å²) >= 11 is 0. The van der Waals surface area contributed by atoms with Gasteiger partial charge in [0.05, 0.1) is 6.04 Å². The van der Waals surface area contributed by atoms with Crippen molar-refractivity contribution in [2.24, 2.45) is 28.2 Å². The van der Waals surface area contributed by atoms with Crippen LogP contribution in [0.4, 0.5) is 0 Å². The third kappa shape index (κ3) is 6.41. The van der Waals surface area contributed by atoms with Gasteiger partial charge in [-0.05, 0) is 49.1 Å². The normalized spacial score (nSPS) is 26.9. The van der Waals surface area contributed by atoms with Gasteiger partial charge in [-0.3, -0.25) is 4.99 Å². The molecule has 3 atom stereocenters. The van der Waals surface area contributed by atoms with Gasteiger partial charge >= 0.3 is 0 Å². The molecular weight excluding hydrogens is 242 g/mol. The Morgan fingerprint density at radius 2 is 1.70 bits per heavy atom. The first-order chi connectivity index (χ1) is 9.32. The van der Waals surface area contributed by atoms with Gasteiger partial charge in [-0.1, -0.05) is 67.7 Å². The highest BCUT2D eigenvalue weighted by Gasteiger charge is 2.34. The van der Waals surface area contributed by atoms with Gasteiger partial charge in [-0.25, -0.2) is 0 Å². The Hall–Kier alpha value is -0.330. The minimum absolute atomic E-state index is 0.514. The molecule has 0 bridgehead atoms. The van der Waals surface area contributed by atoms with Crippen LogP contribution < -0.4 is 0 Å². The maximum atomic E-state index is 4.22. The SMILES string of the molecule is C=NC1CCC(C(C)(C)CC)CC1C.CCC(C)CC. The molecule has 1 heteroatoms. The molecule has 0 heterocycles. The zero-order valence-electron chi connectivity index (χ0n) is 15.2. The minimum Gasteiger partial charge on any atom is -0.297 e. The lowest BCUT2D eigenvalue weighted by Gasteiger charge is -2.40. The Balaban J connectivity index is 0.000000511. The Morgan fingerprint density at radius 3 is 2.00 bits per heavy atom. The van der Waals surface area contributed by atoms with Crippen LogP contribution in [0.25, 0.3) is 0 Å². The van der Waals surface area contributed by atoms with E-state index in [-0.39, 0.29) is 0 Å². The average molecular weight is 282 g/mol. The van der Waals surface area contributed by atoms with E-state index in [1.807, 2.05) is 0 Å². The van der Waals surface area contributed by atoms with Crippen molar-refractivity contribution >= 4 is 6.72 Å². The molecule has 20 heavy (non-hydrogen) atoms. The first-order valence-corrected chi connectivity index (χ1v) is 8.78. The second-order valence-corrected chi connectivity index (χ2v) is 7.50. The van der Waals surface area contributed by atoms with Gasteiger partial charge in [0.25, 0.3) is 0 Å². The Bertz CT molecular complexity index is 252. The highest BCUT2D eigenvalue weighted by atomic mass is 14.8. The lowest BCUT2D eigenvalue weighted by Crippen LogP contribution is -2.33. The lowest BCUT2D eigenvalue weighted by molar-refractivity contribution is 0.115. The van der Waals surface area contributed by atoms with Crippen LogP contribution in [0.3, 0.4) is 0 Å². The third-order valence-electron chi connectivity index (χ3n) is 5.77. The van der Waals surface area contributed by atoms with E-state index in [9.17, 15) is 0 Å². The summed E-state index contributed by atoms with van der Waals surface area (Å²) in [4.78, 5) is 4.22. The fourth-order valence-corrected chi connectivity index (χ4v) is 2.94. The van der Waals surface area contributed by atoms with Crippen molar-refractivity contribution < 1.29 is 0 Å². The fraction of sp³-hybridized carbons (Fsp3) is 0.947. The molecular formula is C19H39N. The molecule has 0 aromatic heterocycles. The Kier molecular flexibility index (Phi) is 9.42. The van der Waals surface area contributed by atoms with Crippen molar-refractivity contribution in [1.29, 1.82) is 0 Å². The maximum absolute atomic E-state index is 4.22. The van der Waals surface area contributed by atoms with Crippen LogP contribution in [0, 0.1) is 23.2 Å². The second kappa shape index (κ2) is 9.58. The number of nitrogens with zero attached hydrogens (tertiary/aromatic N) is 1. The maximum Gasteiger partial charge on any atom is 0.0518 e. The molecule has 0 aliphatic heterocycles. The Morgan fingerprint density at radius 1 is 1.15 bits per heavy atom. The first kappa shape index (κ1) is 19.7. The smallest absolute Gasteiger partial charge is 0.0518 e. The zero-order valence-corrected chi connectivity index (χ0v) is 15.2. The molecule has 3 unspecified atom stereocenters. The summed E-state index contributed by atoms with van der Waals surface area (Å²) in [6.45, 7) is 19.9. The van der Waals surface area contributed by atoms with Crippen LogP contribution in [0.5, 0.6) is 0 Å². The van der Waals surface area contributed by atoms with Gasteiger partial charge in [-0.15, -0.1) is 0 Å². The van der Waals surface area contributed by atoms with Crippen molar-refractivity contribution in [3.63, 3.8) is 0 Å². The lowest BCUT2D eigenvalue weighted by atomic mass is 9.66. The molecule has 0 amide bonds. The van der Waals surface area contributed by atoms with E-state index in [1.165, 1.54) is 38.5 Å². The molecule has 1 nitrogen and oxygen atoms in total. The molecule has 1 aliphatic carbocycles. The Labute approximate surface area is 128 Å². The summed E-state index contributed by atoms with van der Waals surface area (Å²) in [6, 6.07) is 0.527. The number of rotatable bonds is 5. The summed E-state index contributed by atoms with van der Waals surface area (Å²) in [5, 5.41) is 0. The molecule has 1 fully saturated rings. The standard InChI is InChI=1S/C13H25N.C6H14/c1-6-13(3,4)11-7-8-12(14-5)10(2)9-11;1-4-6(3)5-2/h10-12H,5-9H2,1-4H3;6H,4-5H2,1-3H3. The van der Waals surface area contributed by atoms with E-state index in [0.717, 1.165) is 17.8 Å². The summed E-state index contributed by atoms with van der Waals surface area (Å²) in [5.41, 5.74) is 0.514. The molecule has 0 N–H and O–H groups in total.